The first-order valence-electron chi connectivity index (χ1n) is 14.1. The second-order valence-electron chi connectivity index (χ2n) is 11.9. The number of nitrogens with zero attached hydrogens (tertiary/aromatic N) is 9. The number of hydrogen-bond donors (Lipinski definition) is 3. The highest BCUT2D eigenvalue weighted by molar-refractivity contribution is 6.36. The topological polar surface area (TPSA) is 168 Å². The van der Waals surface area contributed by atoms with Gasteiger partial charge in [0.1, 0.15) is 6.07 Å². The highest BCUT2D eigenvalue weighted by Gasteiger charge is 2.37. The number of anilines is 4. The zero-order chi connectivity index (χ0) is 29.6. The van der Waals surface area contributed by atoms with E-state index in [1.807, 2.05) is 18.7 Å². The van der Waals surface area contributed by atoms with Crippen LogP contribution in [-0.4, -0.2) is 92.2 Å². The lowest BCUT2D eigenvalue weighted by molar-refractivity contribution is -0.139. The van der Waals surface area contributed by atoms with E-state index in [2.05, 4.69) is 47.6 Å². The summed E-state index contributed by atoms with van der Waals surface area (Å²) in [6.45, 7) is 8.28. The molecule has 0 unspecified atom stereocenters. The van der Waals surface area contributed by atoms with Gasteiger partial charge in [-0.2, -0.15) is 20.0 Å². The van der Waals surface area contributed by atoms with Crippen molar-refractivity contribution in [3.05, 3.63) is 34.6 Å². The van der Waals surface area contributed by atoms with E-state index in [1.165, 1.54) is 10.7 Å². The van der Waals surface area contributed by atoms with Gasteiger partial charge in [-0.25, -0.2) is 4.98 Å². The lowest BCUT2D eigenvalue weighted by Crippen LogP contribution is -2.64. The minimum Gasteiger partial charge on any atom is -0.368 e. The van der Waals surface area contributed by atoms with Gasteiger partial charge in [-0.3, -0.25) is 9.69 Å². The maximum absolute atomic E-state index is 12.5. The molecular formula is C28H33ClN12O. The van der Waals surface area contributed by atoms with Crippen LogP contribution < -0.4 is 21.3 Å². The van der Waals surface area contributed by atoms with Gasteiger partial charge < -0.3 is 26.2 Å². The number of amides is 1. The third-order valence-corrected chi connectivity index (χ3v) is 8.21. The first kappa shape index (κ1) is 28.0. The molecule has 0 radical (unpaired) electrons. The van der Waals surface area contributed by atoms with Gasteiger partial charge in [0.2, 0.25) is 11.9 Å². The molecule has 1 amide bonds. The molecule has 4 N–H and O–H groups in total. The van der Waals surface area contributed by atoms with Crippen LogP contribution in [-0.2, 0) is 4.79 Å². The molecule has 13 nitrogen and oxygen atoms in total. The van der Waals surface area contributed by atoms with Crippen LogP contribution in [0.4, 0.5) is 23.1 Å². The van der Waals surface area contributed by atoms with Gasteiger partial charge >= 0.3 is 0 Å². The van der Waals surface area contributed by atoms with Crippen LogP contribution in [0.3, 0.4) is 0 Å². The molecule has 1 saturated carbocycles. The number of nitrogens with one attached hydrogen (secondary N) is 2. The summed E-state index contributed by atoms with van der Waals surface area (Å²) < 4.78 is 1.45. The van der Waals surface area contributed by atoms with Crippen molar-refractivity contribution in [1.29, 1.82) is 10.5 Å². The summed E-state index contributed by atoms with van der Waals surface area (Å²) >= 11 is 6.93. The number of imidazole rings is 1. The van der Waals surface area contributed by atoms with Crippen molar-refractivity contribution in [2.24, 2.45) is 5.73 Å². The van der Waals surface area contributed by atoms with E-state index in [1.54, 1.807) is 12.1 Å². The molecule has 42 heavy (non-hydrogen) atoms. The maximum atomic E-state index is 12.5. The van der Waals surface area contributed by atoms with Crippen LogP contribution in [0.15, 0.2) is 18.3 Å². The minimum absolute atomic E-state index is 0.105. The molecular weight excluding hydrogens is 556 g/mol. The summed E-state index contributed by atoms with van der Waals surface area (Å²) in [7, 11) is 0. The first-order chi connectivity index (χ1) is 20.1. The average Bonchev–Trinajstić information content (AvgIpc) is 3.64. The van der Waals surface area contributed by atoms with E-state index >= 15 is 0 Å². The zero-order valence-corrected chi connectivity index (χ0v) is 24.4. The van der Waals surface area contributed by atoms with Gasteiger partial charge in [-0.15, -0.1) is 5.10 Å². The second kappa shape index (κ2) is 10.9. The predicted molar refractivity (Wildman–Crippen MR) is 159 cm³/mol. The summed E-state index contributed by atoms with van der Waals surface area (Å²) in [5.41, 5.74) is 7.98. The third-order valence-electron chi connectivity index (χ3n) is 7.82. The summed E-state index contributed by atoms with van der Waals surface area (Å²) in [6, 6.07) is 8.46. The molecule has 4 heterocycles. The largest absolute Gasteiger partial charge is 0.368 e. The Balaban J connectivity index is 1.17. The number of fused-ring (bicyclic) bond motifs is 1. The van der Waals surface area contributed by atoms with Crippen LogP contribution in [0.2, 0.25) is 5.02 Å². The number of nitrogens with two attached hydrogens (primary N) is 1. The number of benzene rings is 1. The summed E-state index contributed by atoms with van der Waals surface area (Å²) in [4.78, 5) is 27.9. The van der Waals surface area contributed by atoms with Crippen LogP contribution in [0, 0.1) is 22.7 Å². The first-order valence-corrected chi connectivity index (χ1v) is 14.5. The normalized spacial score (nSPS) is 18.0. The van der Waals surface area contributed by atoms with Gasteiger partial charge in [0.05, 0.1) is 34.2 Å². The molecule has 3 aliphatic rings. The Hall–Kier alpha value is -4.17. The molecule has 0 bridgehead atoms. The molecule has 2 aromatic heterocycles. The fourth-order valence-electron chi connectivity index (χ4n) is 5.36. The van der Waals surface area contributed by atoms with E-state index in [4.69, 9.17) is 17.3 Å². The van der Waals surface area contributed by atoms with Crippen molar-refractivity contribution in [3.8, 4) is 12.1 Å². The van der Waals surface area contributed by atoms with Crippen molar-refractivity contribution in [2.45, 2.75) is 50.7 Å². The smallest absolute Gasteiger partial charge is 0.247 e. The molecule has 3 fully saturated rings. The Kier molecular flexibility index (Phi) is 7.27. The van der Waals surface area contributed by atoms with E-state index in [9.17, 15) is 15.3 Å². The Labute approximate surface area is 248 Å². The van der Waals surface area contributed by atoms with E-state index < -0.39 is 5.54 Å². The molecule has 1 aliphatic carbocycles. The monoisotopic (exact) mass is 588 g/mol. The SMILES string of the molecule is CC(C)(N)CC(=O)N1CC(N2CCN(c3cc(C#N)cc(Nc4nc(NC5CC5)c5ncc(C#N)n5n4)c3Cl)CC2)C1. The number of carbonyl (C=O) groups is 1. The standard InChI is InChI=1S/C28H33ClN12O/c1-28(2,32)11-23(42)40-15-20(16-40)38-5-7-39(8-6-38)22-10-17(12-30)9-21(24(22)29)35-27-36-25(34-18-3-4-18)26-33-14-19(13-31)41(26)37-27/h9-10,14,18,20H,3-8,11,15-16,32H2,1-2H3,(H2,34,35,36,37). The number of piperazine rings is 1. The predicted octanol–water partition coefficient (Wildman–Crippen LogP) is 2.30. The Morgan fingerprint density at radius 2 is 1.90 bits per heavy atom. The Morgan fingerprint density at radius 3 is 2.55 bits per heavy atom. The fourth-order valence-corrected chi connectivity index (χ4v) is 5.64. The number of aromatic nitrogens is 4. The van der Waals surface area contributed by atoms with Gasteiger partial charge in [0.15, 0.2) is 17.2 Å². The van der Waals surface area contributed by atoms with E-state index in [0.29, 0.717) is 46.2 Å². The van der Waals surface area contributed by atoms with E-state index in [-0.39, 0.29) is 17.5 Å². The van der Waals surface area contributed by atoms with Gasteiger partial charge in [-0.05, 0) is 38.8 Å². The maximum Gasteiger partial charge on any atom is 0.247 e. The van der Waals surface area contributed by atoms with Crippen molar-refractivity contribution >= 4 is 46.3 Å². The van der Waals surface area contributed by atoms with Crippen molar-refractivity contribution in [3.63, 3.8) is 0 Å². The minimum atomic E-state index is -0.507. The molecule has 2 saturated heterocycles. The molecule has 6 rings (SSSR count). The van der Waals surface area contributed by atoms with Gasteiger partial charge in [0.25, 0.3) is 0 Å². The third kappa shape index (κ3) is 5.77. The quantitative estimate of drug-likeness (QED) is 0.353. The van der Waals surface area contributed by atoms with Crippen molar-refractivity contribution < 1.29 is 4.79 Å². The lowest BCUT2D eigenvalue weighted by Gasteiger charge is -2.49. The Morgan fingerprint density at radius 1 is 1.17 bits per heavy atom. The highest BCUT2D eigenvalue weighted by atomic mass is 35.5. The zero-order valence-electron chi connectivity index (χ0n) is 23.6. The number of hydrogen-bond acceptors (Lipinski definition) is 11. The highest BCUT2D eigenvalue weighted by Crippen LogP contribution is 2.37. The number of carbonyl (C=O) groups excluding carboxylic acids is 1. The summed E-state index contributed by atoms with van der Waals surface area (Å²) in [5, 5.41) is 30.8. The molecule has 14 heteroatoms. The molecule has 1 aromatic carbocycles. The number of nitriles is 2. The number of halogens is 1. The Bertz CT molecular complexity index is 1600. The molecule has 2 aliphatic heterocycles. The van der Waals surface area contributed by atoms with Crippen LogP contribution >= 0.6 is 11.6 Å². The van der Waals surface area contributed by atoms with Crippen LogP contribution in [0.25, 0.3) is 5.65 Å². The fraction of sp³-hybridized carbons (Fsp3) is 0.500. The average molecular weight is 589 g/mol. The van der Waals surface area contributed by atoms with Crippen molar-refractivity contribution in [1.82, 2.24) is 29.4 Å². The molecule has 0 atom stereocenters. The second-order valence-corrected chi connectivity index (χ2v) is 12.3. The molecule has 3 aromatic rings. The van der Waals surface area contributed by atoms with Crippen LogP contribution in [0.5, 0.6) is 0 Å². The molecule has 218 valence electrons. The summed E-state index contributed by atoms with van der Waals surface area (Å²) in [6.07, 6.45) is 3.89. The van der Waals surface area contributed by atoms with Gasteiger partial charge in [0, 0.05) is 63.3 Å². The van der Waals surface area contributed by atoms with Crippen LogP contribution in [0.1, 0.15) is 44.4 Å². The number of likely N-dealkylation sites (tertiary alicyclic amines) is 1. The summed E-state index contributed by atoms with van der Waals surface area (Å²) in [5.74, 6) is 0.867. The lowest BCUT2D eigenvalue weighted by atomic mass is 9.98. The van der Waals surface area contributed by atoms with Gasteiger partial charge in [-0.1, -0.05) is 11.6 Å². The van der Waals surface area contributed by atoms with E-state index in [0.717, 1.165) is 57.8 Å². The molecule has 0 spiro atoms. The van der Waals surface area contributed by atoms with Crippen molar-refractivity contribution in [2.75, 3.05) is 54.8 Å². The number of rotatable bonds is 8.